The van der Waals surface area contributed by atoms with Gasteiger partial charge in [0.15, 0.2) is 5.69 Å². The Morgan fingerprint density at radius 1 is 1.08 bits per heavy atom. The molecule has 138 valence electrons. The molecule has 0 unspecified atom stereocenters. The molecule has 1 amide bonds. The molecule has 0 bridgehead atoms. The number of carboxylic acid groups (broad SMARTS) is 1. The molecule has 0 spiro atoms. The van der Waals surface area contributed by atoms with Crippen LogP contribution in [0.4, 0.5) is 0 Å². The molecular weight excluding hydrogens is 360 g/mol. The second-order valence-corrected chi connectivity index (χ2v) is 7.82. The fourth-order valence-electron chi connectivity index (χ4n) is 2.83. The molecule has 0 saturated carbocycles. The summed E-state index contributed by atoms with van der Waals surface area (Å²) >= 11 is 0. The minimum Gasteiger partial charge on any atom is -0.478 e. The van der Waals surface area contributed by atoms with Gasteiger partial charge in [0.05, 0.1) is 4.90 Å². The molecule has 0 radical (unpaired) electrons. The minimum atomic E-state index is -3.61. The number of benzene rings is 1. The normalized spacial score (nSPS) is 15.8. The first kappa shape index (κ1) is 18.1. The highest BCUT2D eigenvalue weighted by Gasteiger charge is 2.32. The van der Waals surface area contributed by atoms with E-state index in [2.05, 4.69) is 5.10 Å². The smallest absolute Gasteiger partial charge is 0.339 e. The maximum absolute atomic E-state index is 12.6. The highest BCUT2D eigenvalue weighted by atomic mass is 32.2. The van der Waals surface area contributed by atoms with Crippen LogP contribution in [0.5, 0.6) is 0 Å². The third kappa shape index (κ3) is 3.33. The van der Waals surface area contributed by atoms with Crippen molar-refractivity contribution in [1.29, 1.82) is 0 Å². The summed E-state index contributed by atoms with van der Waals surface area (Å²) in [6.07, 6.45) is 1.27. The average Bonchev–Trinajstić information content (AvgIpc) is 3.04. The van der Waals surface area contributed by atoms with Crippen molar-refractivity contribution in [3.63, 3.8) is 0 Å². The Bertz CT molecular complexity index is 931. The third-order valence-corrected chi connectivity index (χ3v) is 6.08. The molecule has 26 heavy (non-hydrogen) atoms. The second-order valence-electron chi connectivity index (χ2n) is 5.88. The van der Waals surface area contributed by atoms with Crippen LogP contribution < -0.4 is 0 Å². The van der Waals surface area contributed by atoms with Crippen LogP contribution in [0.15, 0.2) is 41.4 Å². The molecule has 3 rings (SSSR count). The lowest BCUT2D eigenvalue weighted by Gasteiger charge is -2.33. The van der Waals surface area contributed by atoms with Gasteiger partial charge in [-0.1, -0.05) is 18.2 Å². The molecule has 1 aromatic carbocycles. The molecule has 0 atom stereocenters. The number of piperazine rings is 1. The Morgan fingerprint density at radius 2 is 1.69 bits per heavy atom. The predicted octanol–water partition coefficient (Wildman–Crippen LogP) is 0.265. The van der Waals surface area contributed by atoms with Crippen molar-refractivity contribution < 1.29 is 23.1 Å². The first-order valence-corrected chi connectivity index (χ1v) is 9.36. The van der Waals surface area contributed by atoms with E-state index >= 15 is 0 Å². The topological polar surface area (TPSA) is 113 Å². The molecule has 1 aliphatic heterocycles. The van der Waals surface area contributed by atoms with Gasteiger partial charge in [-0.15, -0.1) is 0 Å². The van der Waals surface area contributed by atoms with Crippen LogP contribution in [-0.2, 0) is 17.1 Å². The Labute approximate surface area is 150 Å². The van der Waals surface area contributed by atoms with Gasteiger partial charge in [0.1, 0.15) is 5.56 Å². The maximum atomic E-state index is 12.6. The number of carbonyl (C=O) groups excluding carboxylic acids is 1. The Hall–Kier alpha value is -2.72. The number of hydrogen-bond donors (Lipinski definition) is 1. The summed E-state index contributed by atoms with van der Waals surface area (Å²) in [6, 6.07) is 8.10. The Balaban J connectivity index is 1.73. The van der Waals surface area contributed by atoms with Gasteiger partial charge in [-0.25, -0.2) is 13.2 Å². The van der Waals surface area contributed by atoms with Crippen LogP contribution in [-0.4, -0.2) is 70.6 Å². The number of aromatic nitrogens is 2. The number of nitrogens with zero attached hydrogens (tertiary/aromatic N) is 4. The maximum Gasteiger partial charge on any atom is 0.339 e. The zero-order valence-electron chi connectivity index (χ0n) is 14.1. The number of amides is 1. The van der Waals surface area contributed by atoms with Crippen LogP contribution in [0.2, 0.25) is 0 Å². The first-order chi connectivity index (χ1) is 12.3. The molecule has 1 aromatic heterocycles. The summed E-state index contributed by atoms with van der Waals surface area (Å²) in [5.74, 6) is -1.74. The molecule has 2 heterocycles. The van der Waals surface area contributed by atoms with E-state index in [4.69, 9.17) is 0 Å². The number of hydrogen-bond acceptors (Lipinski definition) is 5. The van der Waals surface area contributed by atoms with Crippen LogP contribution in [0, 0.1) is 0 Å². The molecule has 9 nitrogen and oxygen atoms in total. The summed E-state index contributed by atoms with van der Waals surface area (Å²) in [6.45, 7) is 0.609. The van der Waals surface area contributed by atoms with E-state index in [1.54, 1.807) is 18.2 Å². The molecule has 0 aliphatic carbocycles. The monoisotopic (exact) mass is 378 g/mol. The fraction of sp³-hybridized carbons (Fsp3) is 0.312. The van der Waals surface area contributed by atoms with E-state index in [1.807, 2.05) is 0 Å². The molecule has 2 aromatic rings. The molecular formula is C16H18N4O5S. The largest absolute Gasteiger partial charge is 0.478 e. The zero-order valence-corrected chi connectivity index (χ0v) is 14.9. The number of aryl methyl sites for hydroxylation is 1. The Kier molecular flexibility index (Phi) is 4.79. The first-order valence-electron chi connectivity index (χ1n) is 7.92. The van der Waals surface area contributed by atoms with E-state index in [9.17, 15) is 23.1 Å². The van der Waals surface area contributed by atoms with Gasteiger partial charge >= 0.3 is 5.97 Å². The summed E-state index contributed by atoms with van der Waals surface area (Å²) < 4.78 is 27.8. The van der Waals surface area contributed by atoms with Gasteiger partial charge in [-0.3, -0.25) is 9.48 Å². The predicted molar refractivity (Wildman–Crippen MR) is 91.3 cm³/mol. The number of carbonyl (C=O) groups is 2. The van der Waals surface area contributed by atoms with Crippen LogP contribution >= 0.6 is 0 Å². The van der Waals surface area contributed by atoms with Gasteiger partial charge in [0.25, 0.3) is 5.91 Å². The van der Waals surface area contributed by atoms with Crippen LogP contribution in [0.3, 0.4) is 0 Å². The van der Waals surface area contributed by atoms with Crippen molar-refractivity contribution in [2.45, 2.75) is 4.90 Å². The van der Waals surface area contributed by atoms with Crippen LogP contribution in [0.25, 0.3) is 0 Å². The highest BCUT2D eigenvalue weighted by molar-refractivity contribution is 7.89. The summed E-state index contributed by atoms with van der Waals surface area (Å²) in [7, 11) is -2.08. The standard InChI is InChI=1S/C16H18N4O5S/c1-18-11-13(16(22)23)14(17-18)15(21)19-7-9-20(10-8-19)26(24,25)12-5-3-2-4-6-12/h2-6,11H,7-10H2,1H3,(H,22,23). The van der Waals surface area contributed by atoms with Crippen molar-refractivity contribution in [2.24, 2.45) is 7.05 Å². The molecule has 10 heteroatoms. The quantitative estimate of drug-likeness (QED) is 0.817. The fourth-order valence-corrected chi connectivity index (χ4v) is 4.27. The van der Waals surface area contributed by atoms with Crippen LogP contribution in [0.1, 0.15) is 20.8 Å². The van der Waals surface area contributed by atoms with Crippen molar-refractivity contribution in [3.05, 3.63) is 47.8 Å². The van der Waals surface area contributed by atoms with E-state index < -0.39 is 21.9 Å². The summed E-state index contributed by atoms with van der Waals surface area (Å²) in [5.41, 5.74) is -0.309. The highest BCUT2D eigenvalue weighted by Crippen LogP contribution is 2.18. The van der Waals surface area contributed by atoms with E-state index in [0.717, 1.165) is 0 Å². The third-order valence-electron chi connectivity index (χ3n) is 4.17. The lowest BCUT2D eigenvalue weighted by atomic mass is 10.2. The summed E-state index contributed by atoms with van der Waals surface area (Å²) in [4.78, 5) is 25.5. The molecule has 1 aliphatic rings. The van der Waals surface area contributed by atoms with Crippen molar-refractivity contribution in [3.8, 4) is 0 Å². The summed E-state index contributed by atoms with van der Waals surface area (Å²) in [5, 5.41) is 13.1. The zero-order chi connectivity index (χ0) is 18.9. The lowest BCUT2D eigenvalue weighted by molar-refractivity contribution is 0.0653. The van der Waals surface area contributed by atoms with E-state index in [-0.39, 0.29) is 42.3 Å². The lowest BCUT2D eigenvalue weighted by Crippen LogP contribution is -2.50. The van der Waals surface area contributed by atoms with Crippen molar-refractivity contribution >= 4 is 21.9 Å². The average molecular weight is 378 g/mol. The van der Waals surface area contributed by atoms with Gasteiger partial charge in [0.2, 0.25) is 10.0 Å². The van der Waals surface area contributed by atoms with Crippen molar-refractivity contribution in [2.75, 3.05) is 26.2 Å². The number of carboxylic acids is 1. The number of aromatic carboxylic acids is 1. The second kappa shape index (κ2) is 6.89. The van der Waals surface area contributed by atoms with Gasteiger partial charge in [0, 0.05) is 39.4 Å². The minimum absolute atomic E-state index is 0.137. The van der Waals surface area contributed by atoms with Gasteiger partial charge in [-0.05, 0) is 12.1 Å². The van der Waals surface area contributed by atoms with Gasteiger partial charge < -0.3 is 10.0 Å². The molecule has 1 fully saturated rings. The Morgan fingerprint density at radius 3 is 2.27 bits per heavy atom. The van der Waals surface area contributed by atoms with Gasteiger partial charge in [-0.2, -0.15) is 9.40 Å². The number of rotatable bonds is 4. The SMILES string of the molecule is Cn1cc(C(=O)O)c(C(=O)N2CCN(S(=O)(=O)c3ccccc3)CC2)n1. The van der Waals surface area contributed by atoms with E-state index in [0.29, 0.717) is 0 Å². The number of sulfonamides is 1. The molecule has 1 saturated heterocycles. The van der Waals surface area contributed by atoms with Crippen molar-refractivity contribution in [1.82, 2.24) is 19.0 Å². The van der Waals surface area contributed by atoms with E-state index in [1.165, 1.54) is 39.3 Å². The molecule has 1 N–H and O–H groups in total.